The molecule has 2 rings (SSSR count). The zero-order chi connectivity index (χ0) is 17.1. The first kappa shape index (κ1) is 16.9. The molecule has 0 aliphatic rings. The lowest BCUT2D eigenvalue weighted by Gasteiger charge is -2.05. The van der Waals surface area contributed by atoms with Gasteiger partial charge in [-0.2, -0.15) is 5.10 Å². The molecule has 0 bridgehead atoms. The van der Waals surface area contributed by atoms with Crippen LogP contribution < -0.4 is 5.73 Å². The molecule has 3 N–H and O–H groups in total. The molecule has 23 heavy (non-hydrogen) atoms. The van der Waals surface area contributed by atoms with E-state index in [0.717, 1.165) is 11.1 Å². The van der Waals surface area contributed by atoms with Crippen LogP contribution in [-0.4, -0.2) is 15.9 Å². The Morgan fingerprint density at radius 1 is 1.43 bits per heavy atom. The van der Waals surface area contributed by atoms with Crippen LogP contribution in [0.5, 0.6) is 0 Å². The van der Waals surface area contributed by atoms with Crippen molar-refractivity contribution in [1.29, 1.82) is 0 Å². The highest BCUT2D eigenvalue weighted by Gasteiger charge is 2.14. The number of hydrogen-bond acceptors (Lipinski definition) is 3. The number of hydrogen-bond donors (Lipinski definition) is 2. The second kappa shape index (κ2) is 6.73. The summed E-state index contributed by atoms with van der Waals surface area (Å²) in [5, 5.41) is 7.68. The number of rotatable bonds is 5. The van der Waals surface area contributed by atoms with E-state index in [2.05, 4.69) is 21.8 Å². The molecule has 0 spiro atoms. The van der Waals surface area contributed by atoms with Gasteiger partial charge in [0.15, 0.2) is 5.83 Å². The number of aromatic amines is 1. The molecule has 2 aromatic rings. The standard InChI is InChI=1S/C17H20F2N4/c1-5-6-14(15(19)10(3)20)21-11(4)17-13-8-12(18)7-9(2)16(13)22-23-17/h7-8H,3,5-6,20H2,1-2,4H3,(H,22,23)/b15-14+,21-11+. The predicted octanol–water partition coefficient (Wildman–Crippen LogP) is 4.27. The van der Waals surface area contributed by atoms with Crippen LogP contribution in [0.15, 0.2) is 40.9 Å². The van der Waals surface area contributed by atoms with E-state index in [1.54, 1.807) is 13.8 Å². The fraction of sp³-hybridized carbons (Fsp3) is 0.294. The first-order valence-corrected chi connectivity index (χ1v) is 7.38. The monoisotopic (exact) mass is 318 g/mol. The normalized spacial score (nSPS) is 13.3. The minimum absolute atomic E-state index is 0.154. The summed E-state index contributed by atoms with van der Waals surface area (Å²) in [6.07, 6.45) is 1.14. The van der Waals surface area contributed by atoms with Crippen LogP contribution in [0.1, 0.15) is 37.9 Å². The number of nitrogens with one attached hydrogen (secondary N) is 1. The number of nitrogens with zero attached hydrogens (tertiary/aromatic N) is 2. The number of aliphatic imine (C=N–C) groups is 1. The van der Waals surface area contributed by atoms with Crippen LogP contribution in [0, 0.1) is 12.7 Å². The number of aromatic nitrogens is 2. The minimum Gasteiger partial charge on any atom is -0.397 e. The molecule has 0 atom stereocenters. The van der Waals surface area contributed by atoms with Gasteiger partial charge in [-0.15, -0.1) is 0 Å². The Labute approximate surface area is 133 Å². The van der Waals surface area contributed by atoms with Gasteiger partial charge in [0, 0.05) is 5.39 Å². The average Bonchev–Trinajstić information content (AvgIpc) is 2.89. The molecule has 1 aromatic carbocycles. The maximum Gasteiger partial charge on any atom is 0.166 e. The van der Waals surface area contributed by atoms with Gasteiger partial charge in [-0.1, -0.05) is 19.9 Å². The van der Waals surface area contributed by atoms with Crippen LogP contribution in [-0.2, 0) is 0 Å². The van der Waals surface area contributed by atoms with E-state index in [1.165, 1.54) is 12.1 Å². The molecule has 1 aromatic heterocycles. The summed E-state index contributed by atoms with van der Waals surface area (Å²) < 4.78 is 27.7. The molecule has 122 valence electrons. The van der Waals surface area contributed by atoms with Crippen molar-refractivity contribution >= 4 is 16.6 Å². The van der Waals surface area contributed by atoms with E-state index in [4.69, 9.17) is 5.73 Å². The highest BCUT2D eigenvalue weighted by molar-refractivity contribution is 6.08. The van der Waals surface area contributed by atoms with Crippen LogP contribution in [0.3, 0.4) is 0 Å². The molecule has 0 amide bonds. The molecule has 0 aliphatic heterocycles. The zero-order valence-electron chi connectivity index (χ0n) is 13.5. The fourth-order valence-corrected chi connectivity index (χ4v) is 2.42. The van der Waals surface area contributed by atoms with E-state index in [9.17, 15) is 8.78 Å². The molecule has 0 radical (unpaired) electrons. The number of allylic oxidation sites excluding steroid dienone is 2. The lowest BCUT2D eigenvalue weighted by Crippen LogP contribution is -2.02. The lowest BCUT2D eigenvalue weighted by atomic mass is 10.1. The van der Waals surface area contributed by atoms with Crippen molar-refractivity contribution in [2.45, 2.75) is 33.6 Å². The Kier molecular flexibility index (Phi) is 4.93. The number of benzene rings is 1. The quantitative estimate of drug-likeness (QED) is 0.638. The Bertz CT molecular complexity index is 815. The Balaban J connectivity index is 2.57. The topological polar surface area (TPSA) is 67.1 Å². The SMILES string of the molecule is C=C(N)/C(F)=C(CCC)\N=C(/C)c1n[nH]c2c(C)cc(F)cc12. The van der Waals surface area contributed by atoms with Gasteiger partial charge in [0.05, 0.1) is 22.6 Å². The summed E-state index contributed by atoms with van der Waals surface area (Å²) in [5.74, 6) is -0.968. The van der Waals surface area contributed by atoms with Crippen LogP contribution in [0.2, 0.25) is 0 Å². The Morgan fingerprint density at radius 2 is 2.13 bits per heavy atom. The third-order valence-electron chi connectivity index (χ3n) is 3.50. The van der Waals surface area contributed by atoms with Crippen LogP contribution >= 0.6 is 0 Å². The van der Waals surface area contributed by atoms with Crippen molar-refractivity contribution in [3.05, 3.63) is 53.0 Å². The van der Waals surface area contributed by atoms with Crippen molar-refractivity contribution in [2.75, 3.05) is 0 Å². The third kappa shape index (κ3) is 3.47. The molecule has 1 heterocycles. The van der Waals surface area contributed by atoms with Crippen molar-refractivity contribution < 1.29 is 8.78 Å². The lowest BCUT2D eigenvalue weighted by molar-refractivity contribution is 0.623. The van der Waals surface area contributed by atoms with Gasteiger partial charge in [0.25, 0.3) is 0 Å². The van der Waals surface area contributed by atoms with Crippen LogP contribution in [0.25, 0.3) is 10.9 Å². The van der Waals surface area contributed by atoms with Gasteiger partial charge in [-0.3, -0.25) is 10.1 Å². The first-order valence-electron chi connectivity index (χ1n) is 7.38. The van der Waals surface area contributed by atoms with Gasteiger partial charge in [-0.25, -0.2) is 8.78 Å². The van der Waals surface area contributed by atoms with E-state index in [0.29, 0.717) is 29.6 Å². The first-order chi connectivity index (χ1) is 10.8. The fourth-order valence-electron chi connectivity index (χ4n) is 2.42. The molecule has 4 nitrogen and oxygen atoms in total. The number of H-pyrrole nitrogens is 1. The number of fused-ring (bicyclic) bond motifs is 1. The van der Waals surface area contributed by atoms with E-state index >= 15 is 0 Å². The maximum atomic E-state index is 14.1. The van der Waals surface area contributed by atoms with Gasteiger partial charge in [0.1, 0.15) is 11.5 Å². The summed E-state index contributed by atoms with van der Waals surface area (Å²) in [7, 11) is 0. The van der Waals surface area contributed by atoms with Crippen molar-refractivity contribution in [2.24, 2.45) is 10.7 Å². The molecule has 0 fully saturated rings. The molecule has 0 saturated carbocycles. The molecule has 0 aliphatic carbocycles. The van der Waals surface area contributed by atoms with Crippen LogP contribution in [0.4, 0.5) is 8.78 Å². The van der Waals surface area contributed by atoms with E-state index in [1.807, 2.05) is 6.92 Å². The highest BCUT2D eigenvalue weighted by atomic mass is 19.1. The average molecular weight is 318 g/mol. The molecule has 6 heteroatoms. The van der Waals surface area contributed by atoms with Crippen molar-refractivity contribution in [1.82, 2.24) is 10.2 Å². The molecular weight excluding hydrogens is 298 g/mol. The third-order valence-corrected chi connectivity index (χ3v) is 3.50. The molecule has 0 saturated heterocycles. The van der Waals surface area contributed by atoms with Gasteiger partial charge in [-0.05, 0) is 38.0 Å². The van der Waals surface area contributed by atoms with E-state index in [-0.39, 0.29) is 17.2 Å². The maximum absolute atomic E-state index is 14.1. The van der Waals surface area contributed by atoms with E-state index < -0.39 is 5.83 Å². The summed E-state index contributed by atoms with van der Waals surface area (Å²) >= 11 is 0. The largest absolute Gasteiger partial charge is 0.397 e. The second-order valence-corrected chi connectivity index (χ2v) is 5.45. The summed E-state index contributed by atoms with van der Waals surface area (Å²) in [5.41, 5.74) is 7.96. The molecular formula is C17H20F2N4. The summed E-state index contributed by atoms with van der Waals surface area (Å²) in [6, 6.07) is 2.82. The van der Waals surface area contributed by atoms with Gasteiger partial charge in [0.2, 0.25) is 0 Å². The summed E-state index contributed by atoms with van der Waals surface area (Å²) in [4.78, 5) is 4.31. The Hall–Kier alpha value is -2.50. The number of aryl methyl sites for hydroxylation is 1. The highest BCUT2D eigenvalue weighted by Crippen LogP contribution is 2.24. The van der Waals surface area contributed by atoms with Crippen molar-refractivity contribution in [3.8, 4) is 0 Å². The minimum atomic E-state index is -0.617. The molecule has 0 unspecified atom stereocenters. The van der Waals surface area contributed by atoms with Gasteiger partial charge < -0.3 is 5.73 Å². The predicted molar refractivity (Wildman–Crippen MR) is 89.4 cm³/mol. The number of nitrogens with two attached hydrogens (primary N) is 1. The second-order valence-electron chi connectivity index (χ2n) is 5.45. The summed E-state index contributed by atoms with van der Waals surface area (Å²) in [6.45, 7) is 8.82. The van der Waals surface area contributed by atoms with Gasteiger partial charge >= 0.3 is 0 Å². The smallest absolute Gasteiger partial charge is 0.166 e. The zero-order valence-corrected chi connectivity index (χ0v) is 13.5. The van der Waals surface area contributed by atoms with Crippen molar-refractivity contribution in [3.63, 3.8) is 0 Å². The number of halogens is 2. The Morgan fingerprint density at radius 3 is 2.74 bits per heavy atom.